The van der Waals surface area contributed by atoms with Crippen molar-refractivity contribution in [1.82, 2.24) is 4.90 Å². The third-order valence-corrected chi connectivity index (χ3v) is 5.27. The van der Waals surface area contributed by atoms with Gasteiger partial charge in [-0.1, -0.05) is 25.0 Å². The van der Waals surface area contributed by atoms with Crippen LogP contribution in [-0.4, -0.2) is 23.9 Å². The molecule has 1 aliphatic carbocycles. The van der Waals surface area contributed by atoms with Crippen LogP contribution < -0.4 is 0 Å². The Kier molecular flexibility index (Phi) is 5.12. The van der Waals surface area contributed by atoms with Gasteiger partial charge in [-0.05, 0) is 62.1 Å². The molecular weight excluding hydrogens is 277 g/mol. The lowest BCUT2D eigenvalue weighted by molar-refractivity contribution is -0.137. The third kappa shape index (κ3) is 3.88. The Labute approximate surface area is 132 Å². The van der Waals surface area contributed by atoms with Crippen molar-refractivity contribution in [3.05, 3.63) is 35.6 Å². The number of carbonyl (C=O) groups excluding carboxylic acids is 1. The van der Waals surface area contributed by atoms with E-state index in [1.807, 2.05) is 6.07 Å². The molecule has 1 aromatic rings. The molecule has 1 saturated heterocycles. The van der Waals surface area contributed by atoms with E-state index in [0.29, 0.717) is 17.7 Å². The molecule has 120 valence electrons. The first-order valence-corrected chi connectivity index (χ1v) is 8.75. The number of nitrogens with zero attached hydrogens (tertiary/aromatic N) is 1. The van der Waals surface area contributed by atoms with Crippen molar-refractivity contribution in [1.29, 1.82) is 0 Å². The zero-order valence-electron chi connectivity index (χ0n) is 13.3. The lowest BCUT2D eigenvalue weighted by Gasteiger charge is -2.34. The highest BCUT2D eigenvalue weighted by Crippen LogP contribution is 2.29. The number of carbonyl (C=O) groups is 1. The van der Waals surface area contributed by atoms with Gasteiger partial charge in [0.25, 0.3) is 0 Å². The topological polar surface area (TPSA) is 20.3 Å². The molecule has 0 aromatic heterocycles. The van der Waals surface area contributed by atoms with Gasteiger partial charge in [0, 0.05) is 19.0 Å². The highest BCUT2D eigenvalue weighted by molar-refractivity contribution is 5.79. The maximum atomic E-state index is 13.2. The molecule has 22 heavy (non-hydrogen) atoms. The molecule has 2 fully saturated rings. The molecule has 0 radical (unpaired) electrons. The highest BCUT2D eigenvalue weighted by atomic mass is 19.1. The van der Waals surface area contributed by atoms with E-state index in [-0.39, 0.29) is 5.82 Å². The predicted octanol–water partition coefficient (Wildman–Crippen LogP) is 4.19. The van der Waals surface area contributed by atoms with Crippen molar-refractivity contribution in [2.24, 2.45) is 11.8 Å². The standard InChI is InChI=1S/C19H26FNO/c20-18-9-3-5-15(13-18)10-11-16-6-4-12-21(14-16)19(22)17-7-1-2-8-17/h3,5,9,13,16-17H,1-2,4,6-8,10-12,14H2/t16-/m1/s1. The molecule has 1 atom stereocenters. The van der Waals surface area contributed by atoms with Gasteiger partial charge in [-0.15, -0.1) is 0 Å². The molecular formula is C19H26FNO. The average Bonchev–Trinajstić information content (AvgIpc) is 3.07. The van der Waals surface area contributed by atoms with E-state index in [1.54, 1.807) is 12.1 Å². The number of aryl methyl sites for hydroxylation is 1. The first-order valence-electron chi connectivity index (χ1n) is 8.75. The maximum absolute atomic E-state index is 13.2. The van der Waals surface area contributed by atoms with E-state index in [0.717, 1.165) is 50.8 Å². The maximum Gasteiger partial charge on any atom is 0.225 e. The summed E-state index contributed by atoms with van der Waals surface area (Å²) in [7, 11) is 0. The van der Waals surface area contributed by atoms with E-state index >= 15 is 0 Å². The van der Waals surface area contributed by atoms with Crippen LogP contribution in [0.15, 0.2) is 24.3 Å². The van der Waals surface area contributed by atoms with Gasteiger partial charge in [0.2, 0.25) is 5.91 Å². The fraction of sp³-hybridized carbons (Fsp3) is 0.632. The lowest BCUT2D eigenvalue weighted by atomic mass is 9.90. The summed E-state index contributed by atoms with van der Waals surface area (Å²) in [5.41, 5.74) is 1.07. The Balaban J connectivity index is 1.51. The minimum Gasteiger partial charge on any atom is -0.342 e. The minimum atomic E-state index is -0.154. The molecule has 2 aliphatic rings. The van der Waals surface area contributed by atoms with Gasteiger partial charge in [0.1, 0.15) is 5.82 Å². The van der Waals surface area contributed by atoms with Gasteiger partial charge in [-0.3, -0.25) is 4.79 Å². The van der Waals surface area contributed by atoms with Crippen LogP contribution in [0.25, 0.3) is 0 Å². The Morgan fingerprint density at radius 2 is 2.00 bits per heavy atom. The largest absolute Gasteiger partial charge is 0.342 e. The Hall–Kier alpha value is -1.38. The summed E-state index contributed by atoms with van der Waals surface area (Å²) < 4.78 is 13.2. The number of piperidine rings is 1. The van der Waals surface area contributed by atoms with Crippen molar-refractivity contribution >= 4 is 5.91 Å². The number of hydrogen-bond acceptors (Lipinski definition) is 1. The second-order valence-electron chi connectivity index (χ2n) is 6.94. The summed E-state index contributed by atoms with van der Waals surface area (Å²) in [5.74, 6) is 1.11. The summed E-state index contributed by atoms with van der Waals surface area (Å²) in [4.78, 5) is 14.6. The minimum absolute atomic E-state index is 0.154. The summed E-state index contributed by atoms with van der Waals surface area (Å²) in [5, 5.41) is 0. The molecule has 0 N–H and O–H groups in total. The van der Waals surface area contributed by atoms with Crippen LogP contribution in [0.2, 0.25) is 0 Å². The zero-order valence-corrected chi connectivity index (χ0v) is 13.3. The van der Waals surface area contributed by atoms with E-state index in [2.05, 4.69) is 4.90 Å². The molecule has 3 rings (SSSR count). The van der Waals surface area contributed by atoms with Gasteiger partial charge in [-0.2, -0.15) is 0 Å². The fourth-order valence-electron chi connectivity index (χ4n) is 4.00. The smallest absolute Gasteiger partial charge is 0.225 e. The van der Waals surface area contributed by atoms with Crippen LogP contribution in [0.5, 0.6) is 0 Å². The van der Waals surface area contributed by atoms with Crippen molar-refractivity contribution in [2.75, 3.05) is 13.1 Å². The van der Waals surface area contributed by atoms with Gasteiger partial charge in [-0.25, -0.2) is 4.39 Å². The number of benzene rings is 1. The molecule has 2 nitrogen and oxygen atoms in total. The molecule has 0 unspecified atom stereocenters. The van der Waals surface area contributed by atoms with Crippen LogP contribution in [0.1, 0.15) is 50.5 Å². The first-order chi connectivity index (χ1) is 10.7. The lowest BCUT2D eigenvalue weighted by Crippen LogP contribution is -2.42. The number of likely N-dealkylation sites (tertiary alicyclic amines) is 1. The molecule has 1 heterocycles. The normalized spacial score (nSPS) is 23.0. The van der Waals surface area contributed by atoms with Crippen LogP contribution in [0.3, 0.4) is 0 Å². The Morgan fingerprint density at radius 3 is 2.77 bits per heavy atom. The van der Waals surface area contributed by atoms with Crippen LogP contribution in [0.4, 0.5) is 4.39 Å². The highest BCUT2D eigenvalue weighted by Gasteiger charge is 2.30. The molecule has 0 bridgehead atoms. The van der Waals surface area contributed by atoms with E-state index < -0.39 is 0 Å². The summed E-state index contributed by atoms with van der Waals surface area (Å²) in [6.07, 6.45) is 8.88. The quantitative estimate of drug-likeness (QED) is 0.817. The SMILES string of the molecule is O=C(C1CCCC1)N1CCC[C@H](CCc2cccc(F)c2)C1. The number of hydrogen-bond donors (Lipinski definition) is 0. The zero-order chi connectivity index (χ0) is 15.4. The molecule has 1 saturated carbocycles. The van der Waals surface area contributed by atoms with Crippen LogP contribution >= 0.6 is 0 Å². The van der Waals surface area contributed by atoms with E-state index in [4.69, 9.17) is 0 Å². The van der Waals surface area contributed by atoms with Gasteiger partial charge < -0.3 is 4.90 Å². The average molecular weight is 303 g/mol. The molecule has 1 aliphatic heterocycles. The fourth-order valence-corrected chi connectivity index (χ4v) is 4.00. The Morgan fingerprint density at radius 1 is 1.18 bits per heavy atom. The van der Waals surface area contributed by atoms with E-state index in [1.165, 1.54) is 25.3 Å². The van der Waals surface area contributed by atoms with Gasteiger partial charge >= 0.3 is 0 Å². The summed E-state index contributed by atoms with van der Waals surface area (Å²) in [6.45, 7) is 1.84. The van der Waals surface area contributed by atoms with E-state index in [9.17, 15) is 9.18 Å². The molecule has 0 spiro atoms. The second-order valence-corrected chi connectivity index (χ2v) is 6.94. The van der Waals surface area contributed by atoms with Crippen molar-refractivity contribution in [3.63, 3.8) is 0 Å². The predicted molar refractivity (Wildman–Crippen MR) is 86.0 cm³/mol. The number of rotatable bonds is 4. The summed E-state index contributed by atoms with van der Waals surface area (Å²) in [6, 6.07) is 6.89. The first kappa shape index (κ1) is 15.5. The third-order valence-electron chi connectivity index (χ3n) is 5.27. The van der Waals surface area contributed by atoms with Crippen molar-refractivity contribution in [3.8, 4) is 0 Å². The summed E-state index contributed by atoms with van der Waals surface area (Å²) >= 11 is 0. The van der Waals surface area contributed by atoms with Crippen molar-refractivity contribution < 1.29 is 9.18 Å². The van der Waals surface area contributed by atoms with Gasteiger partial charge in [0.15, 0.2) is 0 Å². The number of halogens is 1. The molecule has 3 heteroatoms. The molecule has 1 aromatic carbocycles. The van der Waals surface area contributed by atoms with Crippen LogP contribution in [0, 0.1) is 17.7 Å². The van der Waals surface area contributed by atoms with Gasteiger partial charge in [0.05, 0.1) is 0 Å². The Bertz CT molecular complexity index is 510. The van der Waals surface area contributed by atoms with Crippen LogP contribution in [-0.2, 0) is 11.2 Å². The molecule has 1 amide bonds. The van der Waals surface area contributed by atoms with Crippen molar-refractivity contribution in [2.45, 2.75) is 51.4 Å². The number of amides is 1. The monoisotopic (exact) mass is 303 g/mol. The second kappa shape index (κ2) is 7.26.